The number of rotatable bonds is 4. The molecule has 3 nitrogen and oxygen atoms in total. The number of phenolic OH excluding ortho intramolecular Hbond substituents is 1. The summed E-state index contributed by atoms with van der Waals surface area (Å²) in [6.07, 6.45) is 8.17. The predicted octanol–water partition coefficient (Wildman–Crippen LogP) is 3.78. The van der Waals surface area contributed by atoms with Gasteiger partial charge >= 0.3 is 0 Å². The highest BCUT2D eigenvalue weighted by Gasteiger charge is 2.34. The number of aromatic hydroxyl groups is 1. The summed E-state index contributed by atoms with van der Waals surface area (Å²) in [6, 6.07) is 6.13. The van der Waals surface area contributed by atoms with Gasteiger partial charge < -0.3 is 15.2 Å². The van der Waals surface area contributed by atoms with Gasteiger partial charge in [0.2, 0.25) is 0 Å². The molecular weight excluding hydrogens is 238 g/mol. The Balaban J connectivity index is 1.62. The lowest BCUT2D eigenvalue weighted by atomic mass is 9.82. The number of hydrogen-bond acceptors (Lipinski definition) is 3. The summed E-state index contributed by atoms with van der Waals surface area (Å²) in [5, 5.41) is 13.4. The molecule has 0 saturated heterocycles. The standard InChI is InChI=1S/C16H23NO2/c1-19-16-8-7-14(10-15(16)18)17-13-4-2-3-12(9-13)11-5-6-11/h7-8,10-13,17-18H,2-6,9H2,1H3. The molecule has 1 aromatic carbocycles. The molecule has 2 unspecified atom stereocenters. The Labute approximate surface area is 115 Å². The summed E-state index contributed by atoms with van der Waals surface area (Å²) in [6.45, 7) is 0. The topological polar surface area (TPSA) is 41.5 Å². The zero-order valence-electron chi connectivity index (χ0n) is 11.6. The number of anilines is 1. The molecular formula is C16H23NO2. The third-order valence-electron chi connectivity index (χ3n) is 4.55. The second-order valence-electron chi connectivity index (χ2n) is 5.99. The average molecular weight is 261 g/mol. The normalized spacial score (nSPS) is 27.0. The molecule has 104 valence electrons. The first kappa shape index (κ1) is 12.6. The van der Waals surface area contributed by atoms with E-state index in [0.717, 1.165) is 17.5 Å². The van der Waals surface area contributed by atoms with Gasteiger partial charge in [-0.1, -0.05) is 12.8 Å². The van der Waals surface area contributed by atoms with Crippen molar-refractivity contribution in [2.75, 3.05) is 12.4 Å². The summed E-state index contributed by atoms with van der Waals surface area (Å²) in [5.74, 6) is 2.68. The lowest BCUT2D eigenvalue weighted by Crippen LogP contribution is -2.28. The Bertz CT molecular complexity index is 442. The third-order valence-corrected chi connectivity index (χ3v) is 4.55. The molecule has 2 saturated carbocycles. The van der Waals surface area contributed by atoms with Crippen molar-refractivity contribution in [1.29, 1.82) is 0 Å². The van der Waals surface area contributed by atoms with Gasteiger partial charge in [-0.05, 0) is 49.7 Å². The Morgan fingerprint density at radius 1 is 1.16 bits per heavy atom. The molecule has 0 radical (unpaired) electrons. The van der Waals surface area contributed by atoms with E-state index in [9.17, 15) is 5.11 Å². The van der Waals surface area contributed by atoms with Gasteiger partial charge in [-0.25, -0.2) is 0 Å². The van der Waals surface area contributed by atoms with Crippen LogP contribution in [0.1, 0.15) is 38.5 Å². The van der Waals surface area contributed by atoms with Crippen LogP contribution in [0.25, 0.3) is 0 Å². The number of phenols is 1. The number of benzene rings is 1. The number of methoxy groups -OCH3 is 1. The minimum atomic E-state index is 0.210. The third kappa shape index (κ3) is 2.96. The second kappa shape index (κ2) is 5.32. The van der Waals surface area contributed by atoms with Crippen molar-refractivity contribution in [2.24, 2.45) is 11.8 Å². The number of ether oxygens (including phenoxy) is 1. The zero-order valence-corrected chi connectivity index (χ0v) is 11.6. The fourth-order valence-corrected chi connectivity index (χ4v) is 3.37. The van der Waals surface area contributed by atoms with Crippen molar-refractivity contribution in [2.45, 2.75) is 44.6 Å². The van der Waals surface area contributed by atoms with Crippen molar-refractivity contribution < 1.29 is 9.84 Å². The lowest BCUT2D eigenvalue weighted by Gasteiger charge is -2.30. The van der Waals surface area contributed by atoms with Gasteiger partial charge in [-0.15, -0.1) is 0 Å². The zero-order chi connectivity index (χ0) is 13.2. The second-order valence-corrected chi connectivity index (χ2v) is 5.99. The van der Waals surface area contributed by atoms with Crippen LogP contribution in [0.15, 0.2) is 18.2 Å². The minimum Gasteiger partial charge on any atom is -0.504 e. The van der Waals surface area contributed by atoms with Gasteiger partial charge in [0.25, 0.3) is 0 Å². The van der Waals surface area contributed by atoms with Crippen LogP contribution in [0.3, 0.4) is 0 Å². The molecule has 3 heteroatoms. The van der Waals surface area contributed by atoms with Crippen molar-refractivity contribution in [3.63, 3.8) is 0 Å². The van der Waals surface area contributed by atoms with Gasteiger partial charge in [0, 0.05) is 17.8 Å². The van der Waals surface area contributed by atoms with E-state index in [2.05, 4.69) is 5.32 Å². The van der Waals surface area contributed by atoms with Crippen LogP contribution in [-0.2, 0) is 0 Å². The molecule has 0 aliphatic heterocycles. The fourth-order valence-electron chi connectivity index (χ4n) is 3.37. The van der Waals surface area contributed by atoms with Crippen LogP contribution < -0.4 is 10.1 Å². The molecule has 19 heavy (non-hydrogen) atoms. The molecule has 1 aromatic rings. The van der Waals surface area contributed by atoms with E-state index in [-0.39, 0.29) is 5.75 Å². The monoisotopic (exact) mass is 261 g/mol. The highest BCUT2D eigenvalue weighted by molar-refractivity contribution is 5.54. The van der Waals surface area contributed by atoms with Crippen molar-refractivity contribution >= 4 is 5.69 Å². The van der Waals surface area contributed by atoms with Gasteiger partial charge in [-0.3, -0.25) is 0 Å². The van der Waals surface area contributed by atoms with Gasteiger partial charge in [-0.2, -0.15) is 0 Å². The van der Waals surface area contributed by atoms with Gasteiger partial charge in [0.05, 0.1) is 7.11 Å². The number of nitrogens with one attached hydrogen (secondary N) is 1. The van der Waals surface area contributed by atoms with Crippen LogP contribution in [0.5, 0.6) is 11.5 Å². The lowest BCUT2D eigenvalue weighted by molar-refractivity contribution is 0.303. The van der Waals surface area contributed by atoms with E-state index in [1.165, 1.54) is 38.5 Å². The summed E-state index contributed by atoms with van der Waals surface area (Å²) >= 11 is 0. The molecule has 2 atom stereocenters. The van der Waals surface area contributed by atoms with Gasteiger partial charge in [0.15, 0.2) is 11.5 Å². The van der Waals surface area contributed by atoms with E-state index in [1.807, 2.05) is 12.1 Å². The summed E-state index contributed by atoms with van der Waals surface area (Å²) in [5.41, 5.74) is 1.000. The Morgan fingerprint density at radius 2 is 2.00 bits per heavy atom. The Hall–Kier alpha value is -1.38. The highest BCUT2D eigenvalue weighted by atomic mass is 16.5. The molecule has 2 aliphatic carbocycles. The van der Waals surface area contributed by atoms with E-state index >= 15 is 0 Å². The SMILES string of the molecule is COc1ccc(NC2CCCC(C3CC3)C2)cc1O. The highest BCUT2D eigenvalue weighted by Crippen LogP contribution is 2.44. The van der Waals surface area contributed by atoms with Crippen LogP contribution in [-0.4, -0.2) is 18.3 Å². The van der Waals surface area contributed by atoms with Crippen LogP contribution in [0, 0.1) is 11.8 Å². The quantitative estimate of drug-likeness (QED) is 0.866. The Morgan fingerprint density at radius 3 is 2.68 bits per heavy atom. The molecule has 3 rings (SSSR count). The van der Waals surface area contributed by atoms with E-state index in [0.29, 0.717) is 11.8 Å². The predicted molar refractivity (Wildman–Crippen MR) is 76.8 cm³/mol. The van der Waals surface area contributed by atoms with Crippen LogP contribution >= 0.6 is 0 Å². The molecule has 0 aromatic heterocycles. The van der Waals surface area contributed by atoms with Crippen molar-refractivity contribution in [3.8, 4) is 11.5 Å². The molecule has 0 amide bonds. The maximum Gasteiger partial charge on any atom is 0.160 e. The molecule has 2 N–H and O–H groups in total. The maximum atomic E-state index is 9.81. The first-order valence-corrected chi connectivity index (χ1v) is 7.40. The minimum absolute atomic E-state index is 0.210. The van der Waals surface area contributed by atoms with Gasteiger partial charge in [0.1, 0.15) is 0 Å². The first-order chi connectivity index (χ1) is 9.26. The van der Waals surface area contributed by atoms with E-state index in [4.69, 9.17) is 4.74 Å². The van der Waals surface area contributed by atoms with Crippen molar-refractivity contribution in [3.05, 3.63) is 18.2 Å². The summed E-state index contributed by atoms with van der Waals surface area (Å²) in [7, 11) is 1.57. The Kier molecular flexibility index (Phi) is 3.54. The van der Waals surface area contributed by atoms with Crippen molar-refractivity contribution in [1.82, 2.24) is 0 Å². The van der Waals surface area contributed by atoms with E-state index < -0.39 is 0 Å². The molecule has 2 aliphatic rings. The number of hydrogen-bond donors (Lipinski definition) is 2. The van der Waals surface area contributed by atoms with Crippen LogP contribution in [0.4, 0.5) is 5.69 Å². The molecule has 0 bridgehead atoms. The van der Waals surface area contributed by atoms with E-state index in [1.54, 1.807) is 13.2 Å². The molecule has 0 spiro atoms. The maximum absolute atomic E-state index is 9.81. The van der Waals surface area contributed by atoms with Crippen LogP contribution in [0.2, 0.25) is 0 Å². The summed E-state index contributed by atoms with van der Waals surface area (Å²) in [4.78, 5) is 0. The average Bonchev–Trinajstić information content (AvgIpc) is 3.24. The summed E-state index contributed by atoms with van der Waals surface area (Å²) < 4.78 is 5.07. The fraction of sp³-hybridized carbons (Fsp3) is 0.625. The molecule has 0 heterocycles. The smallest absolute Gasteiger partial charge is 0.160 e. The first-order valence-electron chi connectivity index (χ1n) is 7.40. The molecule has 2 fully saturated rings. The largest absolute Gasteiger partial charge is 0.504 e.